The van der Waals surface area contributed by atoms with Crippen molar-refractivity contribution in [3.63, 3.8) is 0 Å². The van der Waals surface area contributed by atoms with Crippen molar-refractivity contribution in [2.24, 2.45) is 0 Å². The van der Waals surface area contributed by atoms with Crippen molar-refractivity contribution >= 4 is 57.4 Å². The fourth-order valence-electron chi connectivity index (χ4n) is 5.24. The number of rotatable bonds is 7. The summed E-state index contributed by atoms with van der Waals surface area (Å²) in [6.07, 6.45) is -7.31. The Balaban J connectivity index is 1.40. The minimum absolute atomic E-state index is 0.0246. The molecule has 10 nitrogen and oxygen atoms in total. The van der Waals surface area contributed by atoms with E-state index in [1.165, 1.54) is 41.7 Å². The summed E-state index contributed by atoms with van der Waals surface area (Å²) in [5.74, 6) is -6.70. The van der Waals surface area contributed by atoms with Gasteiger partial charge in [0.2, 0.25) is 5.91 Å². The third-order valence-corrected chi connectivity index (χ3v) is 9.16. The van der Waals surface area contributed by atoms with Crippen LogP contribution in [-0.4, -0.2) is 53.8 Å². The summed E-state index contributed by atoms with van der Waals surface area (Å²) >= 11 is 7.33. The van der Waals surface area contributed by atoms with Gasteiger partial charge in [0.05, 0.1) is 22.3 Å². The van der Waals surface area contributed by atoms with Gasteiger partial charge in [-0.25, -0.2) is 19.7 Å². The van der Waals surface area contributed by atoms with Crippen LogP contribution in [0.3, 0.4) is 0 Å². The molecule has 0 fully saturated rings. The molecule has 0 aliphatic carbocycles. The summed E-state index contributed by atoms with van der Waals surface area (Å²) in [4.78, 5) is 39.1. The molecule has 0 saturated carbocycles. The number of nitrogens with zero attached hydrogens (tertiary/aromatic N) is 5. The van der Waals surface area contributed by atoms with Crippen LogP contribution in [0.2, 0.25) is 5.02 Å². The number of halogens is 6. The van der Waals surface area contributed by atoms with Crippen molar-refractivity contribution in [2.45, 2.75) is 44.3 Å². The van der Waals surface area contributed by atoms with E-state index >= 15 is 0 Å². The number of hydrogen-bond donors (Lipinski definition) is 3. The van der Waals surface area contributed by atoms with Crippen LogP contribution in [0.5, 0.6) is 0 Å². The van der Waals surface area contributed by atoms with E-state index in [2.05, 4.69) is 20.4 Å². The number of nitrogens with two attached hydrogens (primary N) is 1. The molecule has 6 rings (SSSR count). The number of anilines is 2. The van der Waals surface area contributed by atoms with E-state index in [1.807, 2.05) is 0 Å². The number of carboxylic acid groups (broad SMARTS) is 1. The summed E-state index contributed by atoms with van der Waals surface area (Å²) in [5.41, 5.74) is 6.71. The van der Waals surface area contributed by atoms with E-state index in [0.29, 0.717) is 21.7 Å². The summed E-state index contributed by atoms with van der Waals surface area (Å²) in [5, 5.41) is 17.0. The van der Waals surface area contributed by atoms with Crippen LogP contribution in [0, 0.1) is 6.92 Å². The Labute approximate surface area is 265 Å². The van der Waals surface area contributed by atoms with E-state index < -0.39 is 42.4 Å². The van der Waals surface area contributed by atoms with Gasteiger partial charge in [-0.15, -0.1) is 11.3 Å². The first-order valence-electron chi connectivity index (χ1n) is 13.4. The number of hydrogen-bond acceptors (Lipinski definition) is 8. The monoisotopic (exact) mass is 677 g/mol. The zero-order valence-electron chi connectivity index (χ0n) is 23.7. The highest BCUT2D eigenvalue weighted by molar-refractivity contribution is 7.12. The van der Waals surface area contributed by atoms with Crippen molar-refractivity contribution in [3.8, 4) is 22.8 Å². The lowest BCUT2D eigenvalue weighted by Gasteiger charge is -2.20. The van der Waals surface area contributed by atoms with E-state index in [9.17, 15) is 36.6 Å². The minimum atomic E-state index is -5.74. The first kappa shape index (κ1) is 31.3. The van der Waals surface area contributed by atoms with Crippen LogP contribution in [-0.2, 0) is 16.8 Å². The highest BCUT2D eigenvalue weighted by Gasteiger charge is 2.57. The first-order chi connectivity index (χ1) is 21.5. The largest absolute Gasteiger partial charge is 0.478 e. The van der Waals surface area contributed by atoms with Crippen LogP contribution in [0.4, 0.5) is 33.6 Å². The molecule has 2 aromatic carbocycles. The Bertz CT molecular complexity index is 2060. The summed E-state index contributed by atoms with van der Waals surface area (Å²) in [6.45, 7) is 2.61. The summed E-state index contributed by atoms with van der Waals surface area (Å²) < 4.78 is 67.0. The maximum atomic E-state index is 13.7. The average Bonchev–Trinajstić information content (AvgIpc) is 3.63. The van der Waals surface area contributed by atoms with Gasteiger partial charge >= 0.3 is 18.1 Å². The molecule has 46 heavy (non-hydrogen) atoms. The molecule has 4 N–H and O–H groups in total. The Kier molecular flexibility index (Phi) is 7.27. The van der Waals surface area contributed by atoms with Gasteiger partial charge in [0.1, 0.15) is 27.8 Å². The fourth-order valence-corrected chi connectivity index (χ4v) is 6.49. The molecule has 1 amide bonds. The molecule has 4 heterocycles. The predicted molar refractivity (Wildman–Crippen MR) is 160 cm³/mol. The van der Waals surface area contributed by atoms with Gasteiger partial charge in [-0.1, -0.05) is 23.7 Å². The number of carbonyl (C=O) groups is 2. The maximum absolute atomic E-state index is 13.7. The van der Waals surface area contributed by atoms with Gasteiger partial charge in [-0.2, -0.15) is 27.1 Å². The topological polar surface area (TPSA) is 149 Å². The molecule has 1 aliphatic rings. The second-order valence-corrected chi connectivity index (χ2v) is 12.4. The van der Waals surface area contributed by atoms with Crippen LogP contribution >= 0.6 is 22.9 Å². The van der Waals surface area contributed by atoms with E-state index in [4.69, 9.17) is 22.3 Å². The van der Waals surface area contributed by atoms with Crippen LogP contribution < -0.4 is 11.1 Å². The molecule has 5 aromatic rings. The maximum Gasteiger partial charge on any atom is 0.453 e. The number of carboxylic acids is 1. The van der Waals surface area contributed by atoms with Gasteiger partial charge in [0.15, 0.2) is 5.82 Å². The molecule has 3 aromatic heterocycles. The van der Waals surface area contributed by atoms with Crippen molar-refractivity contribution in [2.75, 3.05) is 11.1 Å². The third-order valence-electron chi connectivity index (χ3n) is 7.73. The molecule has 238 valence electrons. The number of benzene rings is 2. The predicted octanol–water partition coefficient (Wildman–Crippen LogP) is 6.70. The normalized spacial score (nSPS) is 16.6. The SMILES string of the molecule is Cc1sc([C@]2(C)C(=O)Nc3nc(-c4nn(CCC(F)(F)C(F)(F)F)c5cc(Cl)ccc45)nc(N)c32)nc1-c1ccc(C(=O)O)cc1. The quantitative estimate of drug-likeness (QED) is 0.161. The number of nitrogen functional groups attached to an aromatic ring is 1. The van der Waals surface area contributed by atoms with Crippen LogP contribution in [0.1, 0.15) is 39.2 Å². The Hall–Kier alpha value is -4.70. The molecule has 0 spiro atoms. The Morgan fingerprint density at radius 1 is 1.09 bits per heavy atom. The number of aromatic nitrogens is 5. The zero-order chi connectivity index (χ0) is 33.3. The van der Waals surface area contributed by atoms with Gasteiger partial charge in [-0.3, -0.25) is 9.48 Å². The number of nitrogens with one attached hydrogen (secondary N) is 1. The fraction of sp³-hybridized carbons (Fsp3) is 0.241. The second kappa shape index (κ2) is 10.7. The van der Waals surface area contributed by atoms with E-state index in [1.54, 1.807) is 26.0 Å². The molecule has 0 unspecified atom stereocenters. The molecule has 1 aliphatic heterocycles. The number of amides is 1. The van der Waals surface area contributed by atoms with Gasteiger partial charge in [-0.05, 0) is 44.2 Å². The molecular formula is C29H21ClF5N7O3S. The number of alkyl halides is 5. The summed E-state index contributed by atoms with van der Waals surface area (Å²) in [7, 11) is 0. The van der Waals surface area contributed by atoms with E-state index in [0.717, 1.165) is 9.56 Å². The number of thiazole rings is 1. The van der Waals surface area contributed by atoms with Crippen molar-refractivity contribution < 1.29 is 36.6 Å². The minimum Gasteiger partial charge on any atom is -0.478 e. The number of fused-ring (bicyclic) bond motifs is 2. The molecule has 0 radical (unpaired) electrons. The van der Waals surface area contributed by atoms with Gasteiger partial charge in [0, 0.05) is 33.8 Å². The van der Waals surface area contributed by atoms with Crippen LogP contribution in [0.25, 0.3) is 33.7 Å². The van der Waals surface area contributed by atoms with Crippen molar-refractivity contribution in [3.05, 3.63) is 68.5 Å². The number of carbonyl (C=O) groups excluding carboxylic acids is 1. The molecule has 0 saturated heterocycles. The molecule has 0 bridgehead atoms. The lowest BCUT2D eigenvalue weighted by Crippen LogP contribution is -2.37. The molecular weight excluding hydrogens is 657 g/mol. The zero-order valence-corrected chi connectivity index (χ0v) is 25.3. The second-order valence-electron chi connectivity index (χ2n) is 10.7. The third kappa shape index (κ3) is 5.01. The van der Waals surface area contributed by atoms with E-state index in [-0.39, 0.29) is 44.8 Å². The smallest absolute Gasteiger partial charge is 0.453 e. The van der Waals surface area contributed by atoms with Gasteiger partial charge < -0.3 is 16.2 Å². The number of aromatic carboxylic acids is 1. The first-order valence-corrected chi connectivity index (χ1v) is 14.6. The Morgan fingerprint density at radius 2 is 1.78 bits per heavy atom. The Morgan fingerprint density at radius 3 is 2.43 bits per heavy atom. The lowest BCUT2D eigenvalue weighted by molar-refractivity contribution is -0.285. The van der Waals surface area contributed by atoms with Crippen LogP contribution in [0.15, 0.2) is 42.5 Å². The molecule has 17 heteroatoms. The van der Waals surface area contributed by atoms with Crippen molar-refractivity contribution in [1.29, 1.82) is 0 Å². The average molecular weight is 678 g/mol. The standard InChI is InChI=1S/C29H21ClF5N7O3S/c1-12-19(13-3-5-14(6-4-13)24(43)44)37-26(46-12)27(2)18-21(36)38-23(39-22(18)40-25(27)45)20-16-8-7-15(30)11-17(16)42(41-20)10-9-28(31,32)29(33,34)35/h3-8,11H,9-10H2,1-2H3,(H,43,44)(H3,36,38,39,40,45)/t27-/m0/s1. The lowest BCUT2D eigenvalue weighted by atomic mass is 9.85. The molecule has 1 atom stereocenters. The number of aryl methyl sites for hydroxylation is 2. The highest BCUT2D eigenvalue weighted by atomic mass is 35.5. The van der Waals surface area contributed by atoms with Crippen molar-refractivity contribution in [1.82, 2.24) is 24.7 Å². The highest BCUT2D eigenvalue weighted by Crippen LogP contribution is 2.48. The summed E-state index contributed by atoms with van der Waals surface area (Å²) in [6, 6.07) is 10.5. The van der Waals surface area contributed by atoms with Gasteiger partial charge in [0.25, 0.3) is 0 Å².